The first-order chi connectivity index (χ1) is 13.8. The second kappa shape index (κ2) is 6.89. The monoisotopic (exact) mass is 434 g/mol. The van der Waals surface area contributed by atoms with Crippen LogP contribution in [0.25, 0.3) is 22.4 Å². The maximum atomic E-state index is 13.1. The van der Waals surface area contributed by atoms with Crippen molar-refractivity contribution in [2.24, 2.45) is 0 Å². The van der Waals surface area contributed by atoms with Gasteiger partial charge in [0.25, 0.3) is 0 Å². The van der Waals surface area contributed by atoms with E-state index in [2.05, 4.69) is 10.2 Å². The second-order valence-corrected chi connectivity index (χ2v) is 10.0. The van der Waals surface area contributed by atoms with Crippen molar-refractivity contribution in [3.05, 3.63) is 34.2 Å². The van der Waals surface area contributed by atoms with Crippen molar-refractivity contribution in [1.82, 2.24) is 10.2 Å². The van der Waals surface area contributed by atoms with E-state index in [1.165, 1.54) is 24.5 Å². The van der Waals surface area contributed by atoms with E-state index in [1.807, 2.05) is 16.8 Å². The van der Waals surface area contributed by atoms with E-state index in [0.717, 1.165) is 5.56 Å². The Bertz CT molecular complexity index is 1210. The summed E-state index contributed by atoms with van der Waals surface area (Å²) in [6.07, 6.45) is 0. The molecule has 0 saturated heterocycles. The SMILES string of the molecule is COc1c(S(=O)(=O)C(C)C)cc2c(c1-c1ccsc1)OCc1c-2n[nH]c1C(=O)O. The summed E-state index contributed by atoms with van der Waals surface area (Å²) in [4.78, 5) is 11.5. The number of rotatable bonds is 5. The maximum absolute atomic E-state index is 13.1. The van der Waals surface area contributed by atoms with Crippen molar-refractivity contribution in [2.45, 2.75) is 30.6 Å². The normalized spacial score (nSPS) is 13.0. The van der Waals surface area contributed by atoms with Crippen molar-refractivity contribution in [3.63, 3.8) is 0 Å². The molecule has 29 heavy (non-hydrogen) atoms. The molecule has 1 aliphatic heterocycles. The largest absolute Gasteiger partial charge is 0.495 e. The molecule has 4 rings (SSSR count). The molecule has 152 valence electrons. The van der Waals surface area contributed by atoms with Gasteiger partial charge in [-0.3, -0.25) is 5.10 Å². The zero-order valence-corrected chi connectivity index (χ0v) is 17.5. The third kappa shape index (κ3) is 2.90. The first-order valence-corrected chi connectivity index (χ1v) is 11.2. The smallest absolute Gasteiger partial charge is 0.354 e. The van der Waals surface area contributed by atoms with Gasteiger partial charge >= 0.3 is 5.97 Å². The zero-order chi connectivity index (χ0) is 20.9. The molecule has 0 unspecified atom stereocenters. The van der Waals surface area contributed by atoms with Gasteiger partial charge in [-0.2, -0.15) is 16.4 Å². The minimum Gasteiger partial charge on any atom is -0.495 e. The number of aromatic carboxylic acids is 1. The van der Waals surface area contributed by atoms with E-state index in [-0.39, 0.29) is 22.9 Å². The van der Waals surface area contributed by atoms with E-state index in [4.69, 9.17) is 9.47 Å². The van der Waals surface area contributed by atoms with Crippen molar-refractivity contribution < 1.29 is 27.8 Å². The van der Waals surface area contributed by atoms with Crippen LogP contribution < -0.4 is 9.47 Å². The van der Waals surface area contributed by atoms with Gasteiger partial charge in [-0.1, -0.05) is 0 Å². The molecular weight excluding hydrogens is 416 g/mol. The molecule has 1 aromatic carbocycles. The van der Waals surface area contributed by atoms with Crippen LogP contribution in [-0.2, 0) is 16.4 Å². The molecule has 0 radical (unpaired) electrons. The van der Waals surface area contributed by atoms with Crippen molar-refractivity contribution in [3.8, 4) is 33.9 Å². The Hall–Kier alpha value is -2.85. The van der Waals surface area contributed by atoms with Gasteiger partial charge in [0.15, 0.2) is 15.5 Å². The lowest BCUT2D eigenvalue weighted by Gasteiger charge is -2.24. The van der Waals surface area contributed by atoms with Crippen LogP contribution in [0.15, 0.2) is 27.8 Å². The number of H-pyrrole nitrogens is 1. The average Bonchev–Trinajstić information content (AvgIpc) is 3.35. The molecule has 3 aromatic rings. The summed E-state index contributed by atoms with van der Waals surface area (Å²) < 4.78 is 37.7. The Morgan fingerprint density at radius 3 is 2.76 bits per heavy atom. The molecule has 3 heterocycles. The van der Waals surface area contributed by atoms with E-state index >= 15 is 0 Å². The van der Waals surface area contributed by atoms with Gasteiger partial charge < -0.3 is 14.6 Å². The van der Waals surface area contributed by atoms with Crippen LogP contribution in [0.5, 0.6) is 11.5 Å². The summed E-state index contributed by atoms with van der Waals surface area (Å²) in [5.41, 5.74) is 2.34. The molecule has 2 aromatic heterocycles. The lowest BCUT2D eigenvalue weighted by atomic mass is 9.96. The minimum atomic E-state index is -3.71. The molecular formula is C19H18N2O6S2. The van der Waals surface area contributed by atoms with E-state index < -0.39 is 21.1 Å². The minimum absolute atomic E-state index is 0.00294. The van der Waals surface area contributed by atoms with Gasteiger partial charge in [0, 0.05) is 5.56 Å². The number of benzene rings is 1. The molecule has 0 spiro atoms. The predicted octanol–water partition coefficient (Wildman–Crippen LogP) is 3.59. The average molecular weight is 434 g/mol. The fourth-order valence-corrected chi connectivity index (χ4v) is 5.22. The molecule has 0 atom stereocenters. The maximum Gasteiger partial charge on any atom is 0.354 e. The molecule has 2 N–H and O–H groups in total. The van der Waals surface area contributed by atoms with Gasteiger partial charge in [-0.15, -0.1) is 0 Å². The topological polar surface area (TPSA) is 119 Å². The van der Waals surface area contributed by atoms with Gasteiger partial charge in [0.1, 0.15) is 28.7 Å². The van der Waals surface area contributed by atoms with Crippen molar-refractivity contribution in [2.75, 3.05) is 7.11 Å². The van der Waals surface area contributed by atoms with E-state index in [0.29, 0.717) is 28.1 Å². The highest BCUT2D eigenvalue weighted by Gasteiger charge is 2.35. The molecule has 0 saturated carbocycles. The summed E-state index contributed by atoms with van der Waals surface area (Å²) in [5, 5.41) is 19.1. The van der Waals surface area contributed by atoms with Gasteiger partial charge in [0.05, 0.1) is 23.5 Å². The molecule has 0 fully saturated rings. The number of aromatic amines is 1. The van der Waals surface area contributed by atoms with Crippen LogP contribution >= 0.6 is 11.3 Å². The van der Waals surface area contributed by atoms with Crippen molar-refractivity contribution >= 4 is 27.1 Å². The Morgan fingerprint density at radius 2 is 2.17 bits per heavy atom. The van der Waals surface area contributed by atoms with Crippen LogP contribution in [0.1, 0.15) is 29.9 Å². The van der Waals surface area contributed by atoms with Crippen LogP contribution in [0.4, 0.5) is 0 Å². The molecule has 8 nitrogen and oxygen atoms in total. The number of hydrogen-bond donors (Lipinski definition) is 2. The summed E-state index contributed by atoms with van der Waals surface area (Å²) in [7, 11) is -2.29. The number of fused-ring (bicyclic) bond motifs is 3. The number of sulfone groups is 1. The molecule has 0 amide bonds. The molecule has 10 heteroatoms. The number of carboxylic acid groups (broad SMARTS) is 1. The predicted molar refractivity (Wildman–Crippen MR) is 108 cm³/mol. The molecule has 1 aliphatic rings. The van der Waals surface area contributed by atoms with E-state index in [9.17, 15) is 18.3 Å². The summed E-state index contributed by atoms with van der Waals surface area (Å²) in [6, 6.07) is 3.31. The van der Waals surface area contributed by atoms with Gasteiger partial charge in [0.2, 0.25) is 0 Å². The first-order valence-electron chi connectivity index (χ1n) is 8.72. The standard InChI is InChI=1S/C19H18N2O6S2/c1-9(2)29(24,25)13-6-11-15-12(16(19(22)23)21-20-15)7-27-17(11)14(18(13)26-3)10-4-5-28-8-10/h4-6,8-9H,7H2,1-3H3,(H,20,21)(H,22,23). The lowest BCUT2D eigenvalue weighted by molar-refractivity contribution is 0.0687. The number of methoxy groups -OCH3 is 1. The fourth-order valence-electron chi connectivity index (χ4n) is 3.34. The Morgan fingerprint density at radius 1 is 1.41 bits per heavy atom. The Kier molecular flexibility index (Phi) is 4.62. The second-order valence-electron chi connectivity index (χ2n) is 6.79. The summed E-state index contributed by atoms with van der Waals surface area (Å²) in [5.74, 6) is -0.542. The zero-order valence-electron chi connectivity index (χ0n) is 15.8. The fraction of sp³-hybridized carbons (Fsp3) is 0.263. The molecule has 0 aliphatic carbocycles. The van der Waals surface area contributed by atoms with Gasteiger partial charge in [-0.05, 0) is 42.3 Å². The molecule has 0 bridgehead atoms. The number of carbonyl (C=O) groups is 1. The highest BCUT2D eigenvalue weighted by molar-refractivity contribution is 7.92. The van der Waals surface area contributed by atoms with Crippen LogP contribution in [0.2, 0.25) is 0 Å². The van der Waals surface area contributed by atoms with Crippen LogP contribution in [0, 0.1) is 0 Å². The van der Waals surface area contributed by atoms with Crippen LogP contribution in [-0.4, -0.2) is 42.1 Å². The third-order valence-corrected chi connectivity index (χ3v) is 7.68. The summed E-state index contributed by atoms with van der Waals surface area (Å²) >= 11 is 1.46. The first kappa shape index (κ1) is 19.5. The van der Waals surface area contributed by atoms with Gasteiger partial charge in [-0.25, -0.2) is 13.2 Å². The highest BCUT2D eigenvalue weighted by Crippen LogP contribution is 2.51. The number of ether oxygens (including phenoxy) is 2. The number of aromatic nitrogens is 2. The third-order valence-electron chi connectivity index (χ3n) is 4.84. The number of nitrogens with zero attached hydrogens (tertiary/aromatic N) is 1. The van der Waals surface area contributed by atoms with E-state index in [1.54, 1.807) is 13.8 Å². The Labute approximate surface area is 171 Å². The number of thiophene rings is 1. The quantitative estimate of drug-likeness (QED) is 0.630. The number of carboxylic acids is 1. The highest BCUT2D eigenvalue weighted by atomic mass is 32.2. The number of hydrogen-bond acceptors (Lipinski definition) is 7. The van der Waals surface area contributed by atoms with Crippen LogP contribution in [0.3, 0.4) is 0 Å². The lowest BCUT2D eigenvalue weighted by Crippen LogP contribution is -2.17. The Balaban J connectivity index is 2.11. The summed E-state index contributed by atoms with van der Waals surface area (Å²) in [6.45, 7) is 3.19. The number of nitrogens with one attached hydrogen (secondary N) is 1. The van der Waals surface area contributed by atoms with Crippen molar-refractivity contribution in [1.29, 1.82) is 0 Å².